The third-order valence-corrected chi connectivity index (χ3v) is 3.30. The number of aliphatic hydroxyl groups is 1. The van der Waals surface area contributed by atoms with Crippen LogP contribution in [-0.4, -0.2) is 17.7 Å². The number of rotatable bonds is 4. The molecule has 0 amide bonds. The van der Waals surface area contributed by atoms with Gasteiger partial charge in [-0.25, -0.2) is 0 Å². The highest BCUT2D eigenvalue weighted by atomic mass is 19.4. The predicted octanol–water partition coefficient (Wildman–Crippen LogP) is 2.88. The van der Waals surface area contributed by atoms with Gasteiger partial charge in [0.15, 0.2) is 0 Å². The standard InChI is InChI=1S/C13H16F3NO/c14-13(15,16)10-4-1-3-9(7-10)12(18)8-17-11-5-2-6-11/h1,3-4,7,11-12,17-18H,2,5-6,8H2. The summed E-state index contributed by atoms with van der Waals surface area (Å²) >= 11 is 0. The highest BCUT2D eigenvalue weighted by Gasteiger charge is 2.30. The lowest BCUT2D eigenvalue weighted by molar-refractivity contribution is -0.137. The minimum atomic E-state index is -4.36. The first-order chi connectivity index (χ1) is 8.47. The molecule has 0 spiro atoms. The number of hydrogen-bond donors (Lipinski definition) is 2. The number of aliphatic hydroxyl groups excluding tert-OH is 1. The largest absolute Gasteiger partial charge is 0.416 e. The number of halogens is 3. The summed E-state index contributed by atoms with van der Waals surface area (Å²) in [6.07, 6.45) is -1.92. The van der Waals surface area contributed by atoms with Crippen LogP contribution in [0.25, 0.3) is 0 Å². The third-order valence-electron chi connectivity index (χ3n) is 3.30. The van der Waals surface area contributed by atoms with Crippen LogP contribution in [0.4, 0.5) is 13.2 Å². The summed E-state index contributed by atoms with van der Waals surface area (Å²) in [5.74, 6) is 0. The summed E-state index contributed by atoms with van der Waals surface area (Å²) in [7, 11) is 0. The van der Waals surface area contributed by atoms with Crippen molar-refractivity contribution in [3.05, 3.63) is 35.4 Å². The Morgan fingerprint density at radius 2 is 2.06 bits per heavy atom. The average Bonchev–Trinajstić information content (AvgIpc) is 2.26. The van der Waals surface area contributed by atoms with E-state index in [1.807, 2.05) is 0 Å². The molecule has 1 atom stereocenters. The minimum Gasteiger partial charge on any atom is -0.387 e. The first-order valence-corrected chi connectivity index (χ1v) is 6.05. The fourth-order valence-corrected chi connectivity index (χ4v) is 1.93. The first kappa shape index (κ1) is 13.4. The van der Waals surface area contributed by atoms with E-state index in [1.54, 1.807) is 0 Å². The molecule has 0 aromatic heterocycles. The second-order valence-corrected chi connectivity index (χ2v) is 4.68. The predicted molar refractivity (Wildman–Crippen MR) is 62.0 cm³/mol. The zero-order chi connectivity index (χ0) is 13.2. The van der Waals surface area contributed by atoms with E-state index in [9.17, 15) is 18.3 Å². The Morgan fingerprint density at radius 1 is 1.33 bits per heavy atom. The topological polar surface area (TPSA) is 32.3 Å². The molecule has 0 saturated heterocycles. The minimum absolute atomic E-state index is 0.298. The number of benzene rings is 1. The third kappa shape index (κ3) is 3.23. The Morgan fingerprint density at radius 3 is 2.61 bits per heavy atom. The van der Waals surface area contributed by atoms with Gasteiger partial charge < -0.3 is 10.4 Å². The van der Waals surface area contributed by atoms with Crippen LogP contribution in [0.15, 0.2) is 24.3 Å². The quantitative estimate of drug-likeness (QED) is 0.871. The molecular formula is C13H16F3NO. The van der Waals surface area contributed by atoms with Crippen molar-refractivity contribution in [2.75, 3.05) is 6.54 Å². The zero-order valence-corrected chi connectivity index (χ0v) is 9.87. The van der Waals surface area contributed by atoms with Gasteiger partial charge in [-0.2, -0.15) is 13.2 Å². The lowest BCUT2D eigenvalue weighted by atomic mass is 9.93. The van der Waals surface area contributed by atoms with Crippen molar-refractivity contribution in [2.24, 2.45) is 0 Å². The molecule has 0 bridgehead atoms. The molecule has 0 radical (unpaired) electrons. The van der Waals surface area contributed by atoms with Gasteiger partial charge >= 0.3 is 6.18 Å². The van der Waals surface area contributed by atoms with Crippen molar-refractivity contribution in [3.8, 4) is 0 Å². The second-order valence-electron chi connectivity index (χ2n) is 4.68. The van der Waals surface area contributed by atoms with E-state index in [0.29, 0.717) is 18.2 Å². The number of alkyl halides is 3. The van der Waals surface area contributed by atoms with Crippen LogP contribution in [0, 0.1) is 0 Å². The molecule has 1 fully saturated rings. The fraction of sp³-hybridized carbons (Fsp3) is 0.538. The van der Waals surface area contributed by atoms with Gasteiger partial charge in [0.2, 0.25) is 0 Å². The Balaban J connectivity index is 1.98. The molecular weight excluding hydrogens is 243 g/mol. The summed E-state index contributed by atoms with van der Waals surface area (Å²) < 4.78 is 37.5. The Labute approximate surface area is 104 Å². The second kappa shape index (κ2) is 5.28. The zero-order valence-electron chi connectivity index (χ0n) is 9.87. The fourth-order valence-electron chi connectivity index (χ4n) is 1.93. The molecule has 0 aliphatic heterocycles. The van der Waals surface area contributed by atoms with Crippen molar-refractivity contribution in [3.63, 3.8) is 0 Å². The Hall–Kier alpha value is -1.07. The average molecular weight is 259 g/mol. The number of hydrogen-bond acceptors (Lipinski definition) is 2. The molecule has 2 rings (SSSR count). The summed E-state index contributed by atoms with van der Waals surface area (Å²) in [5.41, 5.74) is -0.417. The molecule has 1 unspecified atom stereocenters. The molecule has 0 heterocycles. The van der Waals surface area contributed by atoms with Gasteiger partial charge in [-0.15, -0.1) is 0 Å². The summed E-state index contributed by atoms with van der Waals surface area (Å²) in [5, 5.41) is 13.0. The summed E-state index contributed by atoms with van der Waals surface area (Å²) in [6.45, 7) is 0.298. The van der Waals surface area contributed by atoms with E-state index < -0.39 is 17.8 Å². The molecule has 18 heavy (non-hydrogen) atoms. The number of nitrogens with one attached hydrogen (secondary N) is 1. The molecule has 2 N–H and O–H groups in total. The molecule has 1 aliphatic rings. The van der Waals surface area contributed by atoms with Crippen molar-refractivity contribution in [1.82, 2.24) is 5.32 Å². The van der Waals surface area contributed by atoms with Crippen molar-refractivity contribution >= 4 is 0 Å². The Bertz CT molecular complexity index is 401. The molecule has 100 valence electrons. The van der Waals surface area contributed by atoms with Crippen molar-refractivity contribution in [1.29, 1.82) is 0 Å². The van der Waals surface area contributed by atoms with Crippen molar-refractivity contribution in [2.45, 2.75) is 37.6 Å². The van der Waals surface area contributed by atoms with Crippen LogP contribution in [-0.2, 0) is 6.18 Å². The van der Waals surface area contributed by atoms with E-state index in [4.69, 9.17) is 0 Å². The van der Waals surface area contributed by atoms with Gasteiger partial charge in [0, 0.05) is 12.6 Å². The monoisotopic (exact) mass is 259 g/mol. The lowest BCUT2D eigenvalue weighted by Gasteiger charge is -2.27. The molecule has 1 saturated carbocycles. The van der Waals surface area contributed by atoms with E-state index in [0.717, 1.165) is 25.0 Å². The van der Waals surface area contributed by atoms with Crippen LogP contribution < -0.4 is 5.32 Å². The van der Waals surface area contributed by atoms with E-state index in [2.05, 4.69) is 5.32 Å². The highest BCUT2D eigenvalue weighted by molar-refractivity contribution is 5.27. The van der Waals surface area contributed by atoms with E-state index >= 15 is 0 Å². The lowest BCUT2D eigenvalue weighted by Crippen LogP contribution is -2.37. The SMILES string of the molecule is OC(CNC1CCC1)c1cccc(C(F)(F)F)c1. The summed E-state index contributed by atoms with van der Waals surface area (Å²) in [4.78, 5) is 0. The van der Waals surface area contributed by atoms with Gasteiger partial charge in [-0.1, -0.05) is 18.6 Å². The van der Waals surface area contributed by atoms with Crippen LogP contribution in [0.1, 0.15) is 36.5 Å². The van der Waals surface area contributed by atoms with Crippen LogP contribution in [0.3, 0.4) is 0 Å². The van der Waals surface area contributed by atoms with Crippen LogP contribution >= 0.6 is 0 Å². The van der Waals surface area contributed by atoms with E-state index in [-0.39, 0.29) is 0 Å². The maximum Gasteiger partial charge on any atom is 0.416 e. The van der Waals surface area contributed by atoms with Gasteiger partial charge in [-0.3, -0.25) is 0 Å². The van der Waals surface area contributed by atoms with Gasteiger partial charge in [0.1, 0.15) is 0 Å². The maximum atomic E-state index is 12.5. The van der Waals surface area contributed by atoms with Gasteiger partial charge in [0.25, 0.3) is 0 Å². The molecule has 1 aliphatic carbocycles. The molecule has 1 aromatic rings. The normalized spacial score (nSPS) is 18.4. The van der Waals surface area contributed by atoms with Crippen molar-refractivity contribution < 1.29 is 18.3 Å². The van der Waals surface area contributed by atoms with Crippen LogP contribution in [0.5, 0.6) is 0 Å². The maximum absolute atomic E-state index is 12.5. The van der Waals surface area contributed by atoms with Gasteiger partial charge in [0.05, 0.1) is 11.7 Å². The highest BCUT2D eigenvalue weighted by Crippen LogP contribution is 2.30. The molecule has 2 nitrogen and oxygen atoms in total. The molecule has 5 heteroatoms. The molecule has 1 aromatic carbocycles. The Kier molecular flexibility index (Phi) is 3.92. The van der Waals surface area contributed by atoms with Crippen LogP contribution in [0.2, 0.25) is 0 Å². The van der Waals surface area contributed by atoms with E-state index in [1.165, 1.54) is 18.6 Å². The first-order valence-electron chi connectivity index (χ1n) is 6.05. The smallest absolute Gasteiger partial charge is 0.387 e. The van der Waals surface area contributed by atoms with Gasteiger partial charge in [-0.05, 0) is 30.5 Å². The summed E-state index contributed by atoms with van der Waals surface area (Å²) in [6, 6.07) is 5.26.